The number of benzene rings is 1. The number of hydrogen-bond donors (Lipinski definition) is 3. The molecule has 196 valence electrons. The van der Waals surface area contributed by atoms with E-state index in [4.69, 9.17) is 15.2 Å². The molecule has 0 atom stereocenters. The van der Waals surface area contributed by atoms with Gasteiger partial charge in [-0.1, -0.05) is 6.07 Å². The van der Waals surface area contributed by atoms with Crippen LogP contribution in [0.1, 0.15) is 46.5 Å². The van der Waals surface area contributed by atoms with E-state index >= 15 is 0 Å². The highest BCUT2D eigenvalue weighted by molar-refractivity contribution is 5.93. The van der Waals surface area contributed by atoms with Gasteiger partial charge in [0.2, 0.25) is 5.91 Å². The van der Waals surface area contributed by atoms with Crippen LogP contribution in [0.5, 0.6) is 5.75 Å². The maximum Gasteiger partial charge on any atom is 0.412 e. The molecule has 11 nitrogen and oxygen atoms in total. The van der Waals surface area contributed by atoms with Crippen molar-refractivity contribution in [2.75, 3.05) is 36.1 Å². The number of amides is 2. The van der Waals surface area contributed by atoms with Gasteiger partial charge in [0.1, 0.15) is 29.0 Å². The van der Waals surface area contributed by atoms with Gasteiger partial charge in [-0.05, 0) is 63.8 Å². The zero-order chi connectivity index (χ0) is 26.4. The molecule has 11 heteroatoms. The Morgan fingerprint density at radius 3 is 2.59 bits per heavy atom. The zero-order valence-corrected chi connectivity index (χ0v) is 21.6. The van der Waals surface area contributed by atoms with Gasteiger partial charge in [-0.25, -0.2) is 14.3 Å². The number of methoxy groups -OCH3 is 1. The van der Waals surface area contributed by atoms with Crippen LogP contribution in [0.3, 0.4) is 0 Å². The number of anilines is 3. The van der Waals surface area contributed by atoms with E-state index in [-0.39, 0.29) is 11.4 Å². The molecular weight excluding hydrogens is 474 g/mol. The van der Waals surface area contributed by atoms with Crippen molar-refractivity contribution in [1.82, 2.24) is 19.9 Å². The number of fused-ring (bicyclic) bond motifs is 1. The maximum absolute atomic E-state index is 12.3. The van der Waals surface area contributed by atoms with Gasteiger partial charge in [-0.2, -0.15) is 5.10 Å². The van der Waals surface area contributed by atoms with Gasteiger partial charge in [0.25, 0.3) is 0 Å². The fraction of sp³-hybridized carbons (Fsp3) is 0.462. The molecular formula is C26H33N7O4. The number of carbonyl (C=O) groups excluding carboxylic acids is 2. The average Bonchev–Trinajstić information content (AvgIpc) is 3.40. The van der Waals surface area contributed by atoms with Gasteiger partial charge in [0.15, 0.2) is 5.82 Å². The Balaban J connectivity index is 1.46. The van der Waals surface area contributed by atoms with Gasteiger partial charge >= 0.3 is 6.09 Å². The van der Waals surface area contributed by atoms with Gasteiger partial charge in [0, 0.05) is 30.6 Å². The minimum atomic E-state index is -0.617. The molecule has 5 rings (SSSR count). The fourth-order valence-electron chi connectivity index (χ4n) is 5.18. The number of hydrogen-bond acceptors (Lipinski definition) is 8. The lowest BCUT2D eigenvalue weighted by Crippen LogP contribution is -2.51. The third-order valence-corrected chi connectivity index (χ3v) is 6.99. The Morgan fingerprint density at radius 1 is 1.19 bits per heavy atom. The van der Waals surface area contributed by atoms with Gasteiger partial charge in [-0.3, -0.25) is 10.1 Å². The second kappa shape index (κ2) is 9.13. The van der Waals surface area contributed by atoms with Crippen molar-refractivity contribution < 1.29 is 19.1 Å². The summed E-state index contributed by atoms with van der Waals surface area (Å²) in [5, 5.41) is 10.4. The van der Waals surface area contributed by atoms with Crippen molar-refractivity contribution >= 4 is 34.8 Å². The summed E-state index contributed by atoms with van der Waals surface area (Å²) in [6.45, 7) is 7.00. The smallest absolute Gasteiger partial charge is 0.412 e. The van der Waals surface area contributed by atoms with Crippen LogP contribution in [0, 0.1) is 0 Å². The molecule has 4 heterocycles. The number of piperidine rings is 1. The zero-order valence-electron chi connectivity index (χ0n) is 21.6. The lowest BCUT2D eigenvalue weighted by atomic mass is 9.86. The van der Waals surface area contributed by atoms with Gasteiger partial charge in [-0.15, -0.1) is 0 Å². The van der Waals surface area contributed by atoms with E-state index in [0.29, 0.717) is 29.2 Å². The molecule has 4 N–H and O–H groups in total. The number of rotatable bonds is 4. The third kappa shape index (κ3) is 4.85. The van der Waals surface area contributed by atoms with Crippen LogP contribution < -0.4 is 26.0 Å². The number of aromatic nitrogens is 3. The highest BCUT2D eigenvalue weighted by Crippen LogP contribution is 2.39. The molecule has 0 aliphatic carbocycles. The molecule has 2 aliphatic heterocycles. The first kappa shape index (κ1) is 24.7. The molecule has 0 unspecified atom stereocenters. The van der Waals surface area contributed by atoms with Crippen LogP contribution in [-0.4, -0.2) is 57.9 Å². The van der Waals surface area contributed by atoms with Crippen LogP contribution in [0.25, 0.3) is 16.6 Å². The van der Waals surface area contributed by atoms with Crippen molar-refractivity contribution in [3.8, 4) is 16.9 Å². The fourth-order valence-corrected chi connectivity index (χ4v) is 5.18. The van der Waals surface area contributed by atoms with Gasteiger partial charge in [0.05, 0.1) is 12.8 Å². The Morgan fingerprint density at radius 2 is 1.95 bits per heavy atom. The molecule has 3 aromatic rings. The minimum Gasteiger partial charge on any atom is -0.495 e. The number of carbonyl (C=O) groups is 2. The quantitative estimate of drug-likeness (QED) is 0.487. The molecule has 2 aromatic heterocycles. The number of nitrogens with one attached hydrogen (secondary N) is 2. The number of ether oxygens (including phenoxy) is 2. The summed E-state index contributed by atoms with van der Waals surface area (Å²) in [7, 11) is 1.55. The first-order chi connectivity index (χ1) is 17.6. The molecule has 0 bridgehead atoms. The second-order valence-corrected chi connectivity index (χ2v) is 10.7. The van der Waals surface area contributed by atoms with E-state index in [1.165, 1.54) is 6.33 Å². The van der Waals surface area contributed by atoms with Crippen LogP contribution in [0.15, 0.2) is 30.6 Å². The van der Waals surface area contributed by atoms with Crippen molar-refractivity contribution in [3.05, 3.63) is 30.6 Å². The molecule has 0 saturated carbocycles. The molecule has 2 amide bonds. The lowest BCUT2D eigenvalue weighted by Gasteiger charge is -2.39. The van der Waals surface area contributed by atoms with Crippen molar-refractivity contribution in [1.29, 1.82) is 0 Å². The van der Waals surface area contributed by atoms with E-state index in [1.807, 2.05) is 16.6 Å². The topological polar surface area (TPSA) is 136 Å². The number of nitrogens with zero attached hydrogens (tertiary/aromatic N) is 4. The van der Waals surface area contributed by atoms with Gasteiger partial charge < -0.3 is 25.4 Å². The van der Waals surface area contributed by atoms with E-state index in [0.717, 1.165) is 49.3 Å². The standard InChI is InChI=1S/C26H33N7O4/c1-25(2,3)37-24(35)30-18-6-5-16(13-19(18)36-4)17-14-21(33-22(17)23(27)28-15-29-33)32-11-9-26(10-12-32)8-7-20(34)31-26/h5-6,13-15H,7-12H2,1-4H3,(H,30,35)(H,31,34)(H2,27,28,29). The Kier molecular flexibility index (Phi) is 6.09. The monoisotopic (exact) mass is 507 g/mol. The average molecular weight is 508 g/mol. The largest absolute Gasteiger partial charge is 0.495 e. The summed E-state index contributed by atoms with van der Waals surface area (Å²) >= 11 is 0. The highest BCUT2D eigenvalue weighted by atomic mass is 16.6. The Hall–Kier alpha value is -4.02. The minimum absolute atomic E-state index is 0.0954. The normalized spacial score (nSPS) is 17.2. The summed E-state index contributed by atoms with van der Waals surface area (Å²) < 4.78 is 12.8. The summed E-state index contributed by atoms with van der Waals surface area (Å²) in [4.78, 5) is 30.6. The van der Waals surface area contributed by atoms with E-state index in [2.05, 4.69) is 31.7 Å². The van der Waals surface area contributed by atoms with Crippen molar-refractivity contribution in [2.24, 2.45) is 0 Å². The summed E-state index contributed by atoms with van der Waals surface area (Å²) in [6.07, 6.45) is 4.13. The predicted octanol–water partition coefficient (Wildman–Crippen LogP) is 3.58. The van der Waals surface area contributed by atoms with Crippen LogP contribution in [0.2, 0.25) is 0 Å². The second-order valence-electron chi connectivity index (χ2n) is 10.7. The highest BCUT2D eigenvalue weighted by Gasteiger charge is 2.40. The number of nitrogen functional groups attached to an aromatic ring is 1. The van der Waals surface area contributed by atoms with Crippen LogP contribution in [-0.2, 0) is 9.53 Å². The molecule has 1 aromatic carbocycles. The molecule has 2 saturated heterocycles. The third-order valence-electron chi connectivity index (χ3n) is 6.99. The first-order valence-corrected chi connectivity index (χ1v) is 12.4. The van der Waals surface area contributed by atoms with E-state index in [9.17, 15) is 9.59 Å². The van der Waals surface area contributed by atoms with Crippen LogP contribution >= 0.6 is 0 Å². The van der Waals surface area contributed by atoms with Crippen LogP contribution in [0.4, 0.5) is 22.1 Å². The molecule has 1 spiro atoms. The maximum atomic E-state index is 12.3. The summed E-state index contributed by atoms with van der Waals surface area (Å²) in [5.41, 5.74) is 8.50. The predicted molar refractivity (Wildman–Crippen MR) is 141 cm³/mol. The number of nitrogens with two attached hydrogens (primary N) is 1. The molecule has 2 fully saturated rings. The molecule has 2 aliphatic rings. The summed E-state index contributed by atoms with van der Waals surface area (Å²) in [6, 6.07) is 7.56. The van der Waals surface area contributed by atoms with E-state index in [1.54, 1.807) is 33.9 Å². The first-order valence-electron chi connectivity index (χ1n) is 12.4. The van der Waals surface area contributed by atoms with Crippen molar-refractivity contribution in [3.63, 3.8) is 0 Å². The van der Waals surface area contributed by atoms with Crippen molar-refractivity contribution in [2.45, 2.75) is 57.6 Å². The Bertz CT molecular complexity index is 1350. The molecule has 0 radical (unpaired) electrons. The summed E-state index contributed by atoms with van der Waals surface area (Å²) in [5.74, 6) is 1.90. The molecule has 37 heavy (non-hydrogen) atoms. The SMILES string of the molecule is COc1cc(-c2cc(N3CCC4(CCC(=O)N4)CC3)n3ncnc(N)c23)ccc1NC(=O)OC(C)(C)C. The van der Waals surface area contributed by atoms with E-state index < -0.39 is 11.7 Å². The lowest BCUT2D eigenvalue weighted by molar-refractivity contribution is -0.119. The Labute approximate surface area is 215 Å².